The molecule has 27 heavy (non-hydrogen) atoms. The number of piperazine rings is 1. The van der Waals surface area contributed by atoms with E-state index in [1.165, 1.54) is 5.69 Å². The van der Waals surface area contributed by atoms with Crippen LogP contribution in [0.2, 0.25) is 0 Å². The quantitative estimate of drug-likeness (QED) is 0.242. The van der Waals surface area contributed by atoms with Crippen LogP contribution in [0, 0.1) is 0 Å². The molecule has 0 radical (unpaired) electrons. The van der Waals surface area contributed by atoms with Gasteiger partial charge in [-0.25, -0.2) is 0 Å². The van der Waals surface area contributed by atoms with Crippen LogP contribution >= 0.6 is 24.0 Å². The number of anilines is 1. The Bertz CT molecular complexity index is 530. The highest BCUT2D eigenvalue weighted by atomic mass is 127. The highest BCUT2D eigenvalue weighted by molar-refractivity contribution is 14.0. The van der Waals surface area contributed by atoms with Gasteiger partial charge in [0.25, 0.3) is 0 Å². The number of rotatable bonds is 9. The topological polar surface area (TPSA) is 52.1 Å². The molecule has 154 valence electrons. The lowest BCUT2D eigenvalue weighted by atomic mass is 10.2. The molecule has 2 rings (SSSR count). The molecule has 1 aromatic carbocycles. The van der Waals surface area contributed by atoms with Crippen molar-refractivity contribution in [1.82, 2.24) is 15.5 Å². The third-order valence-electron chi connectivity index (χ3n) is 4.59. The Labute approximate surface area is 181 Å². The molecule has 0 aromatic heterocycles. The Morgan fingerprint density at radius 1 is 1.07 bits per heavy atom. The Kier molecular flexibility index (Phi) is 12.2. The molecule has 1 aliphatic heterocycles. The first-order chi connectivity index (χ1) is 12.8. The Morgan fingerprint density at radius 2 is 1.78 bits per heavy atom. The number of methoxy groups -OCH3 is 1. The van der Waals surface area contributed by atoms with Crippen molar-refractivity contribution in [3.05, 3.63) is 24.3 Å². The van der Waals surface area contributed by atoms with Gasteiger partial charge >= 0.3 is 0 Å². The van der Waals surface area contributed by atoms with E-state index in [2.05, 4.69) is 51.4 Å². The highest BCUT2D eigenvalue weighted by Gasteiger charge is 2.16. The van der Waals surface area contributed by atoms with Crippen LogP contribution in [0.5, 0.6) is 5.75 Å². The molecule has 7 heteroatoms. The first-order valence-corrected chi connectivity index (χ1v) is 9.90. The van der Waals surface area contributed by atoms with E-state index in [0.717, 1.165) is 76.9 Å². The molecule has 0 aliphatic carbocycles. The molecule has 1 aliphatic rings. The van der Waals surface area contributed by atoms with Crippen molar-refractivity contribution < 1.29 is 4.74 Å². The standard InChI is InChI=1S/C20H35N5O.HI/c1-4-11-22-20(21-5-2)23-12-6-13-24-14-16-25(17-15-24)18-7-9-19(26-3)10-8-18;/h7-10H,4-6,11-17H2,1-3H3,(H2,21,22,23);1H. The van der Waals surface area contributed by atoms with Crippen molar-refractivity contribution in [2.75, 3.05) is 64.4 Å². The van der Waals surface area contributed by atoms with Crippen LogP contribution < -0.4 is 20.3 Å². The molecule has 6 nitrogen and oxygen atoms in total. The zero-order valence-corrected chi connectivity index (χ0v) is 19.4. The molecule has 2 N–H and O–H groups in total. The van der Waals surface area contributed by atoms with Gasteiger partial charge in [0.15, 0.2) is 5.96 Å². The lowest BCUT2D eigenvalue weighted by Gasteiger charge is -2.36. The van der Waals surface area contributed by atoms with E-state index in [1.54, 1.807) is 7.11 Å². The largest absolute Gasteiger partial charge is 0.497 e. The number of halogens is 1. The predicted octanol–water partition coefficient (Wildman–Crippen LogP) is 2.79. The molecular formula is C20H36IN5O. The van der Waals surface area contributed by atoms with Crippen LogP contribution in [0.15, 0.2) is 29.3 Å². The molecule has 1 fully saturated rings. The van der Waals surface area contributed by atoms with Crippen molar-refractivity contribution in [2.24, 2.45) is 4.99 Å². The summed E-state index contributed by atoms with van der Waals surface area (Å²) in [5, 5.41) is 6.73. The van der Waals surface area contributed by atoms with Gasteiger partial charge in [-0.3, -0.25) is 9.89 Å². The molecule has 0 saturated carbocycles. The number of hydrogen-bond acceptors (Lipinski definition) is 4. The van der Waals surface area contributed by atoms with E-state index >= 15 is 0 Å². The van der Waals surface area contributed by atoms with Crippen molar-refractivity contribution in [3.8, 4) is 5.75 Å². The molecule has 1 aromatic rings. The van der Waals surface area contributed by atoms with Gasteiger partial charge in [-0.1, -0.05) is 6.92 Å². The molecule has 0 spiro atoms. The lowest BCUT2D eigenvalue weighted by Crippen LogP contribution is -2.47. The third kappa shape index (κ3) is 8.55. The van der Waals surface area contributed by atoms with Gasteiger partial charge < -0.3 is 20.3 Å². The van der Waals surface area contributed by atoms with Crippen molar-refractivity contribution in [1.29, 1.82) is 0 Å². The molecule has 1 saturated heterocycles. The maximum absolute atomic E-state index is 5.24. The van der Waals surface area contributed by atoms with Crippen molar-refractivity contribution in [2.45, 2.75) is 26.7 Å². The summed E-state index contributed by atoms with van der Waals surface area (Å²) in [7, 11) is 1.71. The van der Waals surface area contributed by atoms with Gasteiger partial charge in [-0.05, 0) is 50.6 Å². The van der Waals surface area contributed by atoms with E-state index in [-0.39, 0.29) is 24.0 Å². The number of hydrogen-bond donors (Lipinski definition) is 2. The molecular weight excluding hydrogens is 453 g/mol. The van der Waals surface area contributed by atoms with E-state index in [9.17, 15) is 0 Å². The van der Waals surface area contributed by atoms with Crippen LogP contribution in [0.4, 0.5) is 5.69 Å². The summed E-state index contributed by atoms with van der Waals surface area (Å²) in [5.74, 6) is 1.86. The second kappa shape index (κ2) is 13.9. The average Bonchev–Trinajstić information content (AvgIpc) is 2.70. The summed E-state index contributed by atoms with van der Waals surface area (Å²) in [6.07, 6.45) is 2.22. The first kappa shape index (κ1) is 23.8. The number of aliphatic imine (C=N–C) groups is 1. The van der Waals surface area contributed by atoms with Crippen molar-refractivity contribution >= 4 is 35.6 Å². The normalized spacial score (nSPS) is 15.2. The Balaban J connectivity index is 0.00000364. The number of guanidine groups is 1. The third-order valence-corrected chi connectivity index (χ3v) is 4.59. The van der Waals surface area contributed by atoms with E-state index in [1.807, 2.05) is 12.1 Å². The van der Waals surface area contributed by atoms with Gasteiger partial charge in [0.05, 0.1) is 7.11 Å². The second-order valence-electron chi connectivity index (χ2n) is 6.57. The number of benzene rings is 1. The fourth-order valence-electron chi connectivity index (χ4n) is 3.10. The van der Waals surface area contributed by atoms with E-state index in [0.29, 0.717) is 0 Å². The summed E-state index contributed by atoms with van der Waals surface area (Å²) >= 11 is 0. The summed E-state index contributed by atoms with van der Waals surface area (Å²) in [5.41, 5.74) is 1.29. The van der Waals surface area contributed by atoms with Gasteiger partial charge in [0.2, 0.25) is 0 Å². The van der Waals surface area contributed by atoms with Crippen LogP contribution in [-0.2, 0) is 0 Å². The van der Waals surface area contributed by atoms with Gasteiger partial charge in [-0.15, -0.1) is 24.0 Å². The van der Waals surface area contributed by atoms with E-state index in [4.69, 9.17) is 4.74 Å². The number of ether oxygens (including phenoxy) is 1. The second-order valence-corrected chi connectivity index (χ2v) is 6.57. The molecule has 0 bridgehead atoms. The number of nitrogens with zero attached hydrogens (tertiary/aromatic N) is 3. The summed E-state index contributed by atoms with van der Waals surface area (Å²) in [4.78, 5) is 9.54. The van der Waals surface area contributed by atoms with Gasteiger partial charge in [0.1, 0.15) is 5.75 Å². The summed E-state index contributed by atoms with van der Waals surface area (Å²) in [6.45, 7) is 12.5. The minimum Gasteiger partial charge on any atom is -0.497 e. The fourth-order valence-corrected chi connectivity index (χ4v) is 3.10. The monoisotopic (exact) mass is 489 g/mol. The molecule has 0 unspecified atom stereocenters. The maximum atomic E-state index is 5.24. The smallest absolute Gasteiger partial charge is 0.191 e. The SMILES string of the molecule is CCCN=C(NCC)NCCCN1CCN(c2ccc(OC)cc2)CC1.I. The molecule has 0 atom stereocenters. The summed E-state index contributed by atoms with van der Waals surface area (Å²) < 4.78 is 5.24. The molecule has 1 heterocycles. The Hall–Kier alpha value is -1.22. The Morgan fingerprint density at radius 3 is 2.37 bits per heavy atom. The zero-order chi connectivity index (χ0) is 18.6. The van der Waals surface area contributed by atoms with Gasteiger partial charge in [0, 0.05) is 51.5 Å². The maximum Gasteiger partial charge on any atom is 0.191 e. The minimum atomic E-state index is 0. The average molecular weight is 489 g/mol. The lowest BCUT2D eigenvalue weighted by molar-refractivity contribution is 0.255. The number of nitrogens with one attached hydrogen (secondary N) is 2. The van der Waals surface area contributed by atoms with Crippen LogP contribution in [-0.4, -0.2) is 70.3 Å². The van der Waals surface area contributed by atoms with Gasteiger partial charge in [-0.2, -0.15) is 0 Å². The summed E-state index contributed by atoms with van der Waals surface area (Å²) in [6, 6.07) is 8.37. The predicted molar refractivity (Wildman–Crippen MR) is 126 cm³/mol. The van der Waals surface area contributed by atoms with Crippen molar-refractivity contribution in [3.63, 3.8) is 0 Å². The molecule has 0 amide bonds. The first-order valence-electron chi connectivity index (χ1n) is 9.90. The minimum absolute atomic E-state index is 0. The highest BCUT2D eigenvalue weighted by Crippen LogP contribution is 2.20. The fraction of sp³-hybridized carbons (Fsp3) is 0.650. The van der Waals surface area contributed by atoms with Crippen LogP contribution in [0.25, 0.3) is 0 Å². The van der Waals surface area contributed by atoms with Crippen LogP contribution in [0.1, 0.15) is 26.7 Å². The van der Waals surface area contributed by atoms with Crippen LogP contribution in [0.3, 0.4) is 0 Å². The zero-order valence-electron chi connectivity index (χ0n) is 17.0. The van der Waals surface area contributed by atoms with E-state index < -0.39 is 0 Å².